The summed E-state index contributed by atoms with van der Waals surface area (Å²) in [5.74, 6) is -1.32. The lowest BCUT2D eigenvalue weighted by atomic mass is 10.1. The maximum absolute atomic E-state index is 12.5. The second kappa shape index (κ2) is 4.95. The Balaban J connectivity index is 2.05. The van der Waals surface area contributed by atoms with Gasteiger partial charge in [-0.05, 0) is 18.8 Å². The molecule has 0 saturated heterocycles. The third-order valence-corrected chi connectivity index (χ3v) is 2.93. The van der Waals surface area contributed by atoms with E-state index in [-0.39, 0.29) is 5.95 Å². The Morgan fingerprint density at radius 3 is 2.44 bits per heavy atom. The van der Waals surface area contributed by atoms with Crippen LogP contribution in [-0.4, -0.2) is 21.5 Å². The third kappa shape index (κ3) is 3.21. The number of halogens is 3. The average Bonchev–Trinajstić information content (AvgIpc) is 2.77. The number of nitrogens with zero attached hydrogens (tertiary/aromatic N) is 3. The van der Waals surface area contributed by atoms with Gasteiger partial charge in [0.05, 0.1) is 0 Å². The van der Waals surface area contributed by atoms with E-state index in [0.29, 0.717) is 12.5 Å². The minimum Gasteiger partial charge on any atom is -0.368 e. The van der Waals surface area contributed by atoms with Crippen molar-refractivity contribution < 1.29 is 13.2 Å². The highest BCUT2D eigenvalue weighted by Crippen LogP contribution is 2.27. The van der Waals surface area contributed by atoms with Crippen molar-refractivity contribution in [3.63, 3.8) is 0 Å². The highest BCUT2D eigenvalue weighted by molar-refractivity contribution is 5.31. The molecular weight excluding hydrogens is 247 g/mol. The molecule has 1 heterocycles. The van der Waals surface area contributed by atoms with Crippen LogP contribution < -0.4 is 11.1 Å². The molecule has 0 unspecified atom stereocenters. The summed E-state index contributed by atoms with van der Waals surface area (Å²) in [6.45, 7) is 0.570. The van der Waals surface area contributed by atoms with E-state index in [4.69, 9.17) is 5.73 Å². The monoisotopic (exact) mass is 261 g/mol. The minimum absolute atomic E-state index is 0.110. The summed E-state index contributed by atoms with van der Waals surface area (Å²) in [5.41, 5.74) is 5.24. The third-order valence-electron chi connectivity index (χ3n) is 2.93. The van der Waals surface area contributed by atoms with Crippen LogP contribution in [0, 0.1) is 5.92 Å². The Morgan fingerprint density at radius 2 is 1.83 bits per heavy atom. The maximum atomic E-state index is 12.5. The van der Waals surface area contributed by atoms with Crippen molar-refractivity contribution >= 4 is 11.9 Å². The molecule has 0 atom stereocenters. The lowest BCUT2D eigenvalue weighted by molar-refractivity contribution is -0.144. The van der Waals surface area contributed by atoms with Gasteiger partial charge < -0.3 is 11.1 Å². The van der Waals surface area contributed by atoms with Gasteiger partial charge in [-0.2, -0.15) is 28.1 Å². The van der Waals surface area contributed by atoms with Gasteiger partial charge in [0, 0.05) is 6.54 Å². The van der Waals surface area contributed by atoms with Gasteiger partial charge in [-0.1, -0.05) is 12.8 Å². The predicted octanol–water partition coefficient (Wildman–Crippen LogP) is 2.07. The van der Waals surface area contributed by atoms with E-state index in [1.165, 1.54) is 12.8 Å². The smallest absolute Gasteiger partial charge is 0.368 e. The summed E-state index contributed by atoms with van der Waals surface area (Å²) in [6.07, 6.45) is -0.112. The molecule has 18 heavy (non-hydrogen) atoms. The lowest BCUT2D eigenvalue weighted by Crippen LogP contribution is -2.18. The zero-order chi connectivity index (χ0) is 13.2. The largest absolute Gasteiger partial charge is 0.451 e. The Morgan fingerprint density at radius 1 is 1.17 bits per heavy atom. The molecule has 0 amide bonds. The van der Waals surface area contributed by atoms with E-state index in [1.54, 1.807) is 0 Å². The fourth-order valence-electron chi connectivity index (χ4n) is 2.05. The zero-order valence-corrected chi connectivity index (χ0v) is 9.67. The van der Waals surface area contributed by atoms with Crippen molar-refractivity contribution in [2.75, 3.05) is 17.6 Å². The normalized spacial score (nSPS) is 17.1. The van der Waals surface area contributed by atoms with Gasteiger partial charge in [-0.3, -0.25) is 0 Å². The molecule has 0 radical (unpaired) electrons. The lowest BCUT2D eigenvalue weighted by Gasteiger charge is -2.12. The van der Waals surface area contributed by atoms with Gasteiger partial charge in [-0.15, -0.1) is 0 Å². The van der Waals surface area contributed by atoms with Gasteiger partial charge in [0.1, 0.15) is 0 Å². The van der Waals surface area contributed by atoms with Crippen molar-refractivity contribution in [1.82, 2.24) is 15.0 Å². The van der Waals surface area contributed by atoms with Gasteiger partial charge >= 0.3 is 6.18 Å². The summed E-state index contributed by atoms with van der Waals surface area (Å²) in [6, 6.07) is 0. The molecule has 1 saturated carbocycles. The van der Waals surface area contributed by atoms with Gasteiger partial charge in [0.25, 0.3) is 0 Å². The molecule has 0 aromatic carbocycles. The molecular formula is C10H14F3N5. The number of alkyl halides is 3. The Bertz CT molecular complexity index is 414. The van der Waals surface area contributed by atoms with Crippen molar-refractivity contribution in [2.45, 2.75) is 31.9 Å². The van der Waals surface area contributed by atoms with Crippen LogP contribution in [0.2, 0.25) is 0 Å². The number of rotatable bonds is 3. The quantitative estimate of drug-likeness (QED) is 0.871. The molecule has 0 bridgehead atoms. The van der Waals surface area contributed by atoms with Crippen LogP contribution >= 0.6 is 0 Å². The van der Waals surface area contributed by atoms with Crippen LogP contribution in [0.4, 0.5) is 25.1 Å². The predicted molar refractivity (Wildman–Crippen MR) is 59.7 cm³/mol. The first-order valence-electron chi connectivity index (χ1n) is 5.78. The average molecular weight is 261 g/mol. The number of nitrogens with one attached hydrogen (secondary N) is 1. The van der Waals surface area contributed by atoms with E-state index in [0.717, 1.165) is 12.8 Å². The molecule has 2 rings (SSSR count). The number of nitrogens with two attached hydrogens (primary N) is 1. The van der Waals surface area contributed by atoms with E-state index in [9.17, 15) is 13.2 Å². The molecule has 0 aliphatic heterocycles. The molecule has 5 nitrogen and oxygen atoms in total. The maximum Gasteiger partial charge on any atom is 0.451 e. The van der Waals surface area contributed by atoms with Crippen LogP contribution in [0.15, 0.2) is 0 Å². The van der Waals surface area contributed by atoms with Crippen molar-refractivity contribution in [3.05, 3.63) is 5.82 Å². The van der Waals surface area contributed by atoms with E-state index < -0.39 is 17.9 Å². The number of nitrogen functional groups attached to an aromatic ring is 1. The number of anilines is 2. The second-order valence-electron chi connectivity index (χ2n) is 4.37. The van der Waals surface area contributed by atoms with Gasteiger partial charge in [-0.25, -0.2) is 0 Å². The van der Waals surface area contributed by atoms with Crippen molar-refractivity contribution in [1.29, 1.82) is 0 Å². The molecule has 1 aliphatic rings. The van der Waals surface area contributed by atoms with E-state index in [1.807, 2.05) is 0 Å². The topological polar surface area (TPSA) is 76.7 Å². The molecule has 0 spiro atoms. The zero-order valence-electron chi connectivity index (χ0n) is 9.67. The summed E-state index contributed by atoms with van der Waals surface area (Å²) >= 11 is 0. The molecule has 8 heteroatoms. The van der Waals surface area contributed by atoms with Gasteiger partial charge in [0.15, 0.2) is 0 Å². The fourth-order valence-corrected chi connectivity index (χ4v) is 2.05. The molecule has 100 valence electrons. The van der Waals surface area contributed by atoms with E-state index in [2.05, 4.69) is 20.3 Å². The summed E-state index contributed by atoms with van der Waals surface area (Å²) in [5, 5.41) is 2.80. The highest BCUT2D eigenvalue weighted by atomic mass is 19.4. The molecule has 1 aliphatic carbocycles. The summed E-state index contributed by atoms with van der Waals surface area (Å²) < 4.78 is 37.4. The Kier molecular flexibility index (Phi) is 3.53. The highest BCUT2D eigenvalue weighted by Gasteiger charge is 2.35. The fraction of sp³-hybridized carbons (Fsp3) is 0.700. The first-order chi connectivity index (χ1) is 8.45. The van der Waals surface area contributed by atoms with Crippen LogP contribution in [0.5, 0.6) is 0 Å². The SMILES string of the molecule is Nc1nc(NCC2CCCC2)nc(C(F)(F)F)n1. The molecule has 1 aromatic rings. The Hall–Kier alpha value is -1.60. The first-order valence-corrected chi connectivity index (χ1v) is 5.78. The summed E-state index contributed by atoms with van der Waals surface area (Å²) in [4.78, 5) is 10.1. The number of hydrogen-bond donors (Lipinski definition) is 2. The first kappa shape index (κ1) is 12.8. The number of hydrogen-bond acceptors (Lipinski definition) is 5. The van der Waals surface area contributed by atoms with Crippen LogP contribution in [0.25, 0.3) is 0 Å². The molecule has 3 N–H and O–H groups in total. The van der Waals surface area contributed by atoms with Gasteiger partial charge in [0.2, 0.25) is 17.7 Å². The number of aromatic nitrogens is 3. The Labute approximate surface area is 102 Å². The molecule has 1 fully saturated rings. The van der Waals surface area contributed by atoms with E-state index >= 15 is 0 Å². The van der Waals surface area contributed by atoms with Crippen LogP contribution in [0.3, 0.4) is 0 Å². The van der Waals surface area contributed by atoms with Crippen molar-refractivity contribution in [2.24, 2.45) is 5.92 Å². The van der Waals surface area contributed by atoms with Crippen molar-refractivity contribution in [3.8, 4) is 0 Å². The van der Waals surface area contributed by atoms with Crippen LogP contribution in [-0.2, 0) is 6.18 Å². The summed E-state index contributed by atoms with van der Waals surface area (Å²) in [7, 11) is 0. The second-order valence-corrected chi connectivity index (χ2v) is 4.37. The van der Waals surface area contributed by atoms with Crippen LogP contribution in [0.1, 0.15) is 31.5 Å². The molecule has 1 aromatic heterocycles. The minimum atomic E-state index is -4.61. The standard InChI is InChI=1S/C10H14F3N5/c11-10(12,13)7-16-8(14)18-9(17-7)15-5-6-3-1-2-4-6/h6H,1-5H2,(H3,14,15,16,17,18).